The number of thiophene rings is 1. The summed E-state index contributed by atoms with van der Waals surface area (Å²) in [5.74, 6) is 0.419. The molecule has 33 heavy (non-hydrogen) atoms. The van der Waals surface area contributed by atoms with Gasteiger partial charge in [-0.3, -0.25) is 14.2 Å². The van der Waals surface area contributed by atoms with Crippen LogP contribution in [0.1, 0.15) is 32.1 Å². The van der Waals surface area contributed by atoms with Crippen LogP contribution in [0.3, 0.4) is 0 Å². The van der Waals surface area contributed by atoms with E-state index in [1.54, 1.807) is 31.4 Å². The SMILES string of the molecule is COc1ccc(-n2c(=O)c3sc4ccccc4c3n(CC(=O)NC3CCCCC3)c2=O)cc1. The lowest BCUT2D eigenvalue weighted by molar-refractivity contribution is -0.122. The summed E-state index contributed by atoms with van der Waals surface area (Å²) in [6.07, 6.45) is 5.32. The molecule has 7 nitrogen and oxygen atoms in total. The third-order valence-corrected chi connectivity index (χ3v) is 7.41. The second-order valence-corrected chi connectivity index (χ2v) is 9.44. The molecule has 2 aromatic heterocycles. The number of amides is 1. The maximum atomic E-state index is 13.6. The zero-order valence-corrected chi connectivity index (χ0v) is 19.2. The first kappa shape index (κ1) is 21.5. The van der Waals surface area contributed by atoms with Crippen molar-refractivity contribution in [1.82, 2.24) is 14.5 Å². The standard InChI is InChI=1S/C25H25N3O4S/c1-32-18-13-11-17(12-14-18)28-24(30)23-22(19-9-5-6-10-20(19)33-23)27(25(28)31)15-21(29)26-16-7-3-2-4-8-16/h5-6,9-14,16H,2-4,7-8,15H2,1H3,(H,26,29). The summed E-state index contributed by atoms with van der Waals surface area (Å²) < 4.78 is 9.15. The Bertz CT molecular complexity index is 1440. The van der Waals surface area contributed by atoms with Crippen molar-refractivity contribution in [3.8, 4) is 11.4 Å². The van der Waals surface area contributed by atoms with E-state index in [0.29, 0.717) is 21.7 Å². The first-order valence-electron chi connectivity index (χ1n) is 11.2. The molecule has 0 aliphatic heterocycles. The fraction of sp³-hybridized carbons (Fsp3) is 0.320. The summed E-state index contributed by atoms with van der Waals surface area (Å²) in [6.45, 7) is -0.136. The van der Waals surface area contributed by atoms with E-state index in [9.17, 15) is 14.4 Å². The van der Waals surface area contributed by atoms with Crippen LogP contribution in [0.25, 0.3) is 26.0 Å². The lowest BCUT2D eigenvalue weighted by atomic mass is 9.95. The topological polar surface area (TPSA) is 82.3 Å². The first-order chi connectivity index (χ1) is 16.1. The predicted octanol–water partition coefficient (Wildman–Crippen LogP) is 3.82. The van der Waals surface area contributed by atoms with E-state index in [2.05, 4.69) is 5.32 Å². The molecule has 0 unspecified atom stereocenters. The number of benzene rings is 2. The van der Waals surface area contributed by atoms with Crippen molar-refractivity contribution in [3.05, 3.63) is 69.4 Å². The van der Waals surface area contributed by atoms with Crippen molar-refractivity contribution < 1.29 is 9.53 Å². The quantitative estimate of drug-likeness (QED) is 0.488. The normalized spacial score (nSPS) is 14.6. The van der Waals surface area contributed by atoms with Crippen molar-refractivity contribution >= 4 is 37.5 Å². The van der Waals surface area contributed by atoms with Crippen LogP contribution in [-0.4, -0.2) is 28.2 Å². The Morgan fingerprint density at radius 3 is 2.52 bits per heavy atom. The molecule has 5 rings (SSSR count). The number of hydrogen-bond acceptors (Lipinski definition) is 5. The Kier molecular flexibility index (Phi) is 5.76. The molecule has 1 amide bonds. The second-order valence-electron chi connectivity index (χ2n) is 8.39. The minimum Gasteiger partial charge on any atom is -0.497 e. The molecule has 8 heteroatoms. The molecule has 170 valence electrons. The Morgan fingerprint density at radius 2 is 1.79 bits per heavy atom. The summed E-state index contributed by atoms with van der Waals surface area (Å²) in [7, 11) is 1.56. The number of carbonyl (C=O) groups excluding carboxylic acids is 1. The third kappa shape index (κ3) is 3.95. The molecule has 0 saturated heterocycles. The van der Waals surface area contributed by atoms with Crippen molar-refractivity contribution in [1.29, 1.82) is 0 Å². The van der Waals surface area contributed by atoms with E-state index in [1.165, 1.54) is 22.3 Å². The van der Waals surface area contributed by atoms with E-state index in [4.69, 9.17) is 4.74 Å². The van der Waals surface area contributed by atoms with Crippen LogP contribution in [0.5, 0.6) is 5.75 Å². The van der Waals surface area contributed by atoms with Gasteiger partial charge in [-0.05, 0) is 43.2 Å². The van der Waals surface area contributed by atoms with Crippen LogP contribution in [0.4, 0.5) is 0 Å². The zero-order chi connectivity index (χ0) is 22.9. The molecule has 4 aromatic rings. The fourth-order valence-electron chi connectivity index (χ4n) is 4.62. The van der Waals surface area contributed by atoms with Crippen molar-refractivity contribution in [2.24, 2.45) is 0 Å². The molecule has 0 bridgehead atoms. The van der Waals surface area contributed by atoms with Gasteiger partial charge in [0.2, 0.25) is 5.91 Å². The third-order valence-electron chi connectivity index (χ3n) is 6.26. The number of hydrogen-bond donors (Lipinski definition) is 1. The van der Waals surface area contributed by atoms with E-state index in [-0.39, 0.29) is 24.1 Å². The average Bonchev–Trinajstić information content (AvgIpc) is 3.23. The van der Waals surface area contributed by atoms with Gasteiger partial charge in [-0.25, -0.2) is 9.36 Å². The monoisotopic (exact) mass is 463 g/mol. The van der Waals surface area contributed by atoms with Crippen molar-refractivity contribution in [3.63, 3.8) is 0 Å². The van der Waals surface area contributed by atoms with E-state index in [0.717, 1.165) is 40.3 Å². The maximum absolute atomic E-state index is 13.6. The van der Waals surface area contributed by atoms with Crippen LogP contribution in [0, 0.1) is 0 Å². The van der Waals surface area contributed by atoms with Gasteiger partial charge in [0.1, 0.15) is 17.0 Å². The van der Waals surface area contributed by atoms with Gasteiger partial charge < -0.3 is 10.1 Å². The number of methoxy groups -OCH3 is 1. The van der Waals surface area contributed by atoms with Crippen molar-refractivity contribution in [2.75, 3.05) is 7.11 Å². The Balaban J connectivity index is 1.67. The van der Waals surface area contributed by atoms with E-state index in [1.807, 2.05) is 24.3 Å². The number of nitrogens with zero attached hydrogens (tertiary/aromatic N) is 2. The van der Waals surface area contributed by atoms with Gasteiger partial charge in [0.25, 0.3) is 5.56 Å². The largest absolute Gasteiger partial charge is 0.497 e. The summed E-state index contributed by atoms with van der Waals surface area (Å²) in [4.78, 5) is 40.1. The highest BCUT2D eigenvalue weighted by molar-refractivity contribution is 7.25. The lowest BCUT2D eigenvalue weighted by Gasteiger charge is -2.23. The Morgan fingerprint density at radius 1 is 1.06 bits per heavy atom. The number of ether oxygens (including phenoxy) is 1. The summed E-state index contributed by atoms with van der Waals surface area (Å²) in [6, 6.07) is 14.5. The lowest BCUT2D eigenvalue weighted by Crippen LogP contribution is -2.43. The first-order valence-corrected chi connectivity index (χ1v) is 12.0. The molecule has 1 N–H and O–H groups in total. The molecule has 1 saturated carbocycles. The average molecular weight is 464 g/mol. The molecule has 2 aromatic carbocycles. The number of rotatable bonds is 5. The second kappa shape index (κ2) is 8.86. The fourth-order valence-corrected chi connectivity index (χ4v) is 5.76. The van der Waals surface area contributed by atoms with Gasteiger partial charge in [0, 0.05) is 16.1 Å². The molecule has 0 spiro atoms. The van der Waals surface area contributed by atoms with Gasteiger partial charge in [-0.2, -0.15) is 0 Å². The molecular weight excluding hydrogens is 438 g/mol. The van der Waals surface area contributed by atoms with E-state index < -0.39 is 5.69 Å². The van der Waals surface area contributed by atoms with E-state index >= 15 is 0 Å². The summed E-state index contributed by atoms with van der Waals surface area (Å²) in [5.41, 5.74) is 0.0473. The van der Waals surface area contributed by atoms with Crippen LogP contribution < -0.4 is 21.3 Å². The molecular formula is C25H25N3O4S. The molecule has 1 aliphatic carbocycles. The number of nitrogens with one attached hydrogen (secondary N) is 1. The molecule has 1 fully saturated rings. The van der Waals surface area contributed by atoms with Crippen LogP contribution in [0.15, 0.2) is 58.1 Å². The van der Waals surface area contributed by atoms with Crippen LogP contribution in [-0.2, 0) is 11.3 Å². The van der Waals surface area contributed by atoms with Gasteiger partial charge in [0.05, 0.1) is 18.3 Å². The van der Waals surface area contributed by atoms with Gasteiger partial charge >= 0.3 is 5.69 Å². The number of carbonyl (C=O) groups is 1. The van der Waals surface area contributed by atoms with Crippen LogP contribution >= 0.6 is 11.3 Å². The summed E-state index contributed by atoms with van der Waals surface area (Å²) in [5, 5.41) is 3.89. The Hall–Kier alpha value is -3.39. The maximum Gasteiger partial charge on any atom is 0.336 e. The molecule has 0 radical (unpaired) electrons. The minimum absolute atomic E-state index is 0.136. The molecule has 1 aliphatic rings. The molecule has 2 heterocycles. The zero-order valence-electron chi connectivity index (χ0n) is 18.4. The number of fused-ring (bicyclic) bond motifs is 3. The van der Waals surface area contributed by atoms with Crippen LogP contribution in [0.2, 0.25) is 0 Å². The minimum atomic E-state index is -0.528. The molecule has 0 atom stereocenters. The highest BCUT2D eigenvalue weighted by atomic mass is 32.1. The van der Waals surface area contributed by atoms with Crippen molar-refractivity contribution in [2.45, 2.75) is 44.7 Å². The van der Waals surface area contributed by atoms with Gasteiger partial charge in [-0.1, -0.05) is 37.5 Å². The number of aromatic nitrogens is 2. The summed E-state index contributed by atoms with van der Waals surface area (Å²) >= 11 is 1.34. The Labute approximate surface area is 194 Å². The van der Waals surface area contributed by atoms with Gasteiger partial charge in [-0.15, -0.1) is 11.3 Å². The highest BCUT2D eigenvalue weighted by Gasteiger charge is 2.22. The predicted molar refractivity (Wildman–Crippen MR) is 131 cm³/mol. The smallest absolute Gasteiger partial charge is 0.336 e. The van der Waals surface area contributed by atoms with Gasteiger partial charge in [0.15, 0.2) is 0 Å². The highest BCUT2D eigenvalue weighted by Crippen LogP contribution is 2.31.